The molecule has 4 nitrogen and oxygen atoms in total. The van der Waals surface area contributed by atoms with Crippen LogP contribution in [0.5, 0.6) is 5.75 Å². The number of fused-ring (bicyclic) bond motifs is 5. The summed E-state index contributed by atoms with van der Waals surface area (Å²) in [5.74, 6) is 0.437. The van der Waals surface area contributed by atoms with E-state index in [0.29, 0.717) is 11.4 Å². The minimum atomic E-state index is -3.10. The van der Waals surface area contributed by atoms with Gasteiger partial charge < -0.3 is 5.11 Å². The second kappa shape index (κ2) is 5.69. The smallest absolute Gasteiger partial charge is 0.236 e. The second-order valence-electron chi connectivity index (χ2n) is 5.06. The van der Waals surface area contributed by atoms with Gasteiger partial charge in [0, 0.05) is 11.1 Å². The van der Waals surface area contributed by atoms with Gasteiger partial charge >= 0.3 is 0 Å². The van der Waals surface area contributed by atoms with Crippen LogP contribution in [0.15, 0.2) is 66.7 Å². The predicted octanol–water partition coefficient (Wildman–Crippen LogP) is 3.49. The van der Waals surface area contributed by atoms with E-state index < -0.39 is 10.0 Å². The third-order valence-corrected chi connectivity index (χ3v) is 4.61. The van der Waals surface area contributed by atoms with E-state index in [1.54, 1.807) is 18.2 Å². The topological polar surface area (TPSA) is 66.4 Å². The number of sulfonamides is 1. The zero-order chi connectivity index (χ0) is 15.6. The molecule has 2 aliphatic heterocycles. The van der Waals surface area contributed by atoms with Crippen molar-refractivity contribution in [3.05, 3.63) is 72.3 Å². The van der Waals surface area contributed by atoms with E-state index in [1.165, 1.54) is 0 Å². The lowest BCUT2D eigenvalue weighted by atomic mass is 10.1. The Bertz CT molecular complexity index is 866. The Morgan fingerprint density at radius 1 is 0.864 bits per heavy atom. The van der Waals surface area contributed by atoms with E-state index in [9.17, 15) is 13.5 Å². The molecule has 2 bridgehead atoms. The van der Waals surface area contributed by atoms with Crippen LogP contribution in [0.2, 0.25) is 0 Å². The number of anilines is 1. The summed E-state index contributed by atoms with van der Waals surface area (Å²) in [7, 11) is -3.10. The maximum absolute atomic E-state index is 11.1. The van der Waals surface area contributed by atoms with Gasteiger partial charge in [-0.15, -0.1) is 0 Å². The molecular weight excluding hydrogens is 298 g/mol. The van der Waals surface area contributed by atoms with Crippen LogP contribution in [0.25, 0.3) is 10.8 Å². The van der Waals surface area contributed by atoms with Gasteiger partial charge in [0.15, 0.2) is 0 Å². The fraction of sp³-hybridized carbons (Fsp3) is 0.0588. The van der Waals surface area contributed by atoms with Crippen molar-refractivity contribution in [3.63, 3.8) is 0 Å². The Morgan fingerprint density at radius 3 is 2.27 bits per heavy atom. The summed E-state index contributed by atoms with van der Waals surface area (Å²) in [4.78, 5) is 0. The van der Waals surface area contributed by atoms with Gasteiger partial charge in [0.25, 0.3) is 0 Å². The molecule has 0 saturated carbocycles. The average Bonchev–Trinajstić information content (AvgIpc) is 2.74. The number of rotatable bonds is 0. The van der Waals surface area contributed by atoms with Crippen LogP contribution < -0.4 is 4.72 Å². The Kier molecular flexibility index (Phi) is 3.73. The largest absolute Gasteiger partial charge is 0.507 e. The first-order valence-corrected chi connectivity index (χ1v) is 8.45. The zero-order valence-electron chi connectivity index (χ0n) is 11.7. The van der Waals surface area contributed by atoms with E-state index in [0.717, 1.165) is 16.3 Å². The number of benzene rings is 3. The maximum Gasteiger partial charge on any atom is 0.236 e. The van der Waals surface area contributed by atoms with Crippen molar-refractivity contribution >= 4 is 26.5 Å². The van der Waals surface area contributed by atoms with Gasteiger partial charge in [-0.1, -0.05) is 48.5 Å². The number of phenols is 1. The molecule has 22 heavy (non-hydrogen) atoms. The molecule has 3 aromatic carbocycles. The highest BCUT2D eigenvalue weighted by Gasteiger charge is 2.15. The van der Waals surface area contributed by atoms with Gasteiger partial charge in [-0.05, 0) is 29.1 Å². The van der Waals surface area contributed by atoms with Gasteiger partial charge in [-0.25, -0.2) is 8.42 Å². The Labute approximate surface area is 129 Å². The maximum atomic E-state index is 11.1. The molecule has 5 heteroatoms. The fourth-order valence-electron chi connectivity index (χ4n) is 2.31. The molecule has 0 atom stereocenters. The van der Waals surface area contributed by atoms with Crippen molar-refractivity contribution in [1.29, 1.82) is 0 Å². The normalized spacial score (nSPS) is 14.5. The van der Waals surface area contributed by atoms with Gasteiger partial charge in [0.1, 0.15) is 5.75 Å². The van der Waals surface area contributed by atoms with Crippen LogP contribution in [-0.2, 0) is 15.8 Å². The number of nitrogens with one attached hydrogen (secondary N) is 1. The molecule has 0 unspecified atom stereocenters. The first-order chi connectivity index (χ1) is 10.5. The molecular formula is C17H15NO3S. The molecule has 2 aliphatic rings. The molecule has 2 heterocycles. The number of phenolic OH excluding ortho intramolecular Hbond substituents is 1. The summed E-state index contributed by atoms with van der Waals surface area (Å²) >= 11 is 0. The first-order valence-electron chi connectivity index (χ1n) is 6.80. The van der Waals surface area contributed by atoms with E-state index in [4.69, 9.17) is 0 Å². The average molecular weight is 313 g/mol. The van der Waals surface area contributed by atoms with Crippen molar-refractivity contribution in [1.82, 2.24) is 0 Å². The van der Waals surface area contributed by atoms with Crippen LogP contribution in [0.4, 0.5) is 5.69 Å². The van der Waals surface area contributed by atoms with Crippen LogP contribution in [0.3, 0.4) is 0 Å². The SMILES string of the molecule is O=S1(=O)Cc2ccc(cc2)N1.Oc1cccc2ccccc12. The third-order valence-electron chi connectivity index (χ3n) is 3.35. The highest BCUT2D eigenvalue weighted by molar-refractivity contribution is 7.91. The molecule has 112 valence electrons. The lowest BCUT2D eigenvalue weighted by Crippen LogP contribution is -2.11. The molecule has 5 rings (SSSR count). The summed E-state index contributed by atoms with van der Waals surface area (Å²) in [6.45, 7) is 0. The summed E-state index contributed by atoms with van der Waals surface area (Å²) < 4.78 is 24.6. The minimum Gasteiger partial charge on any atom is -0.507 e. The van der Waals surface area contributed by atoms with E-state index in [-0.39, 0.29) is 5.75 Å². The van der Waals surface area contributed by atoms with Crippen LogP contribution in [-0.4, -0.2) is 13.5 Å². The van der Waals surface area contributed by atoms with Gasteiger partial charge in [-0.3, -0.25) is 4.72 Å². The lowest BCUT2D eigenvalue weighted by molar-refractivity contribution is 0.481. The molecule has 0 fully saturated rings. The van der Waals surface area contributed by atoms with E-state index >= 15 is 0 Å². The minimum absolute atomic E-state index is 0.0868. The van der Waals surface area contributed by atoms with Crippen molar-refractivity contribution in [2.75, 3.05) is 4.72 Å². The van der Waals surface area contributed by atoms with E-state index in [1.807, 2.05) is 48.5 Å². The zero-order valence-corrected chi connectivity index (χ0v) is 12.5. The third kappa shape index (κ3) is 3.20. The Morgan fingerprint density at radius 2 is 1.55 bits per heavy atom. The quantitative estimate of drug-likeness (QED) is 0.667. The molecule has 3 aromatic rings. The van der Waals surface area contributed by atoms with Crippen molar-refractivity contribution in [2.24, 2.45) is 0 Å². The van der Waals surface area contributed by atoms with Gasteiger partial charge in [0.05, 0.1) is 5.75 Å². The van der Waals surface area contributed by atoms with Gasteiger partial charge in [-0.2, -0.15) is 0 Å². The lowest BCUT2D eigenvalue weighted by Gasteiger charge is -1.99. The highest BCUT2D eigenvalue weighted by Crippen LogP contribution is 2.23. The van der Waals surface area contributed by atoms with E-state index in [2.05, 4.69) is 4.72 Å². The Balaban J connectivity index is 0.000000131. The van der Waals surface area contributed by atoms with Crippen LogP contribution in [0.1, 0.15) is 5.56 Å². The summed E-state index contributed by atoms with van der Waals surface area (Å²) in [6.07, 6.45) is 0. The number of aromatic hydroxyl groups is 1. The molecule has 0 aromatic heterocycles. The monoisotopic (exact) mass is 313 g/mol. The molecule has 0 saturated heterocycles. The first kappa shape index (κ1) is 14.4. The predicted molar refractivity (Wildman–Crippen MR) is 88.3 cm³/mol. The second-order valence-corrected chi connectivity index (χ2v) is 6.78. The Hall–Kier alpha value is -2.53. The van der Waals surface area contributed by atoms with Crippen molar-refractivity contribution < 1.29 is 13.5 Å². The van der Waals surface area contributed by atoms with Crippen LogP contribution >= 0.6 is 0 Å². The van der Waals surface area contributed by atoms with Crippen LogP contribution in [0, 0.1) is 0 Å². The molecule has 0 spiro atoms. The van der Waals surface area contributed by atoms with Crippen molar-refractivity contribution in [2.45, 2.75) is 5.75 Å². The summed E-state index contributed by atoms with van der Waals surface area (Å²) in [5, 5.41) is 11.4. The van der Waals surface area contributed by atoms with Crippen molar-refractivity contribution in [3.8, 4) is 5.75 Å². The number of hydrogen-bond acceptors (Lipinski definition) is 3. The molecule has 0 aliphatic carbocycles. The van der Waals surface area contributed by atoms with Gasteiger partial charge in [0.2, 0.25) is 10.0 Å². The molecule has 2 N–H and O–H groups in total. The number of hydrogen-bond donors (Lipinski definition) is 2. The highest BCUT2D eigenvalue weighted by atomic mass is 32.2. The molecule has 0 amide bonds. The standard InChI is InChI=1S/C10H8O.C7H7NO2S/c11-10-7-3-5-8-4-1-2-6-9(8)10;9-11(10)5-6-1-3-7(8-11)4-2-6/h1-7,11H;1-4,8H,5H2. The fourth-order valence-corrected chi connectivity index (χ4v) is 3.51. The summed E-state index contributed by atoms with van der Waals surface area (Å²) in [5.41, 5.74) is 1.48. The summed E-state index contributed by atoms with van der Waals surface area (Å²) in [6, 6.07) is 20.4. The molecule has 0 radical (unpaired) electrons.